The van der Waals surface area contributed by atoms with E-state index in [1.54, 1.807) is 6.07 Å². The van der Waals surface area contributed by atoms with Gasteiger partial charge < -0.3 is 10.6 Å². The normalized spacial score (nSPS) is 15.3. The van der Waals surface area contributed by atoms with Gasteiger partial charge in [0.15, 0.2) is 0 Å². The molecule has 0 radical (unpaired) electrons. The zero-order valence-corrected chi connectivity index (χ0v) is 12.4. The second kappa shape index (κ2) is 6.56. The summed E-state index contributed by atoms with van der Waals surface area (Å²) in [5.41, 5.74) is 0.809. The van der Waals surface area contributed by atoms with Gasteiger partial charge >= 0.3 is 0 Å². The number of carbonyl (C=O) groups is 1. The van der Waals surface area contributed by atoms with E-state index in [1.807, 2.05) is 13.8 Å². The van der Waals surface area contributed by atoms with Crippen molar-refractivity contribution in [2.24, 2.45) is 5.92 Å². The summed E-state index contributed by atoms with van der Waals surface area (Å²) >= 11 is 0. The quantitative estimate of drug-likeness (QED) is 0.597. The van der Waals surface area contributed by atoms with Crippen LogP contribution in [0.4, 0.5) is 11.4 Å². The van der Waals surface area contributed by atoms with Crippen LogP contribution in [-0.2, 0) is 0 Å². The predicted molar refractivity (Wildman–Crippen MR) is 81.5 cm³/mol. The molecule has 0 aromatic heterocycles. The summed E-state index contributed by atoms with van der Waals surface area (Å²) in [5.74, 6) is 0.562. The van der Waals surface area contributed by atoms with Crippen LogP contribution in [0.3, 0.4) is 0 Å². The average molecular weight is 291 g/mol. The molecule has 0 spiro atoms. The fourth-order valence-corrected chi connectivity index (χ4v) is 2.39. The topological polar surface area (TPSA) is 84.3 Å². The van der Waals surface area contributed by atoms with Gasteiger partial charge in [-0.2, -0.15) is 0 Å². The van der Waals surface area contributed by atoms with Gasteiger partial charge in [0.05, 0.1) is 4.92 Å². The molecule has 114 valence electrons. The Hall–Kier alpha value is -2.11. The second-order valence-corrected chi connectivity index (χ2v) is 5.57. The van der Waals surface area contributed by atoms with Crippen molar-refractivity contribution in [1.82, 2.24) is 5.32 Å². The van der Waals surface area contributed by atoms with Gasteiger partial charge in [0, 0.05) is 24.2 Å². The summed E-state index contributed by atoms with van der Waals surface area (Å²) in [7, 11) is 0. The van der Waals surface area contributed by atoms with Crippen LogP contribution in [0.5, 0.6) is 0 Å². The maximum absolute atomic E-state index is 12.2. The third-order valence-corrected chi connectivity index (χ3v) is 3.58. The largest absolute Gasteiger partial charge is 0.380 e. The number of carbonyl (C=O) groups excluding carboxylic acids is 1. The van der Waals surface area contributed by atoms with Gasteiger partial charge in [-0.3, -0.25) is 14.9 Å². The number of hydrogen-bond donors (Lipinski definition) is 2. The highest BCUT2D eigenvalue weighted by Crippen LogP contribution is 2.33. The Labute approximate surface area is 124 Å². The first-order chi connectivity index (χ1) is 10.0. The lowest BCUT2D eigenvalue weighted by Gasteiger charge is -2.14. The van der Waals surface area contributed by atoms with Gasteiger partial charge in [-0.1, -0.05) is 12.8 Å². The fraction of sp³-hybridized carbons (Fsp3) is 0.533. The lowest BCUT2D eigenvalue weighted by molar-refractivity contribution is -0.384. The van der Waals surface area contributed by atoms with Crippen molar-refractivity contribution in [2.45, 2.75) is 39.2 Å². The zero-order valence-electron chi connectivity index (χ0n) is 12.4. The monoisotopic (exact) mass is 291 g/mol. The Bertz CT molecular complexity index is 541. The Balaban J connectivity index is 2.08. The highest BCUT2D eigenvalue weighted by Gasteiger charge is 2.24. The minimum Gasteiger partial charge on any atom is -0.380 e. The molecule has 1 saturated carbocycles. The van der Waals surface area contributed by atoms with Gasteiger partial charge in [0.25, 0.3) is 11.6 Å². The van der Waals surface area contributed by atoms with Crippen molar-refractivity contribution in [3.05, 3.63) is 33.9 Å². The molecule has 1 aliphatic carbocycles. The molecule has 6 nitrogen and oxygen atoms in total. The molecule has 2 rings (SSSR count). The molecule has 6 heteroatoms. The van der Waals surface area contributed by atoms with Crippen molar-refractivity contribution in [3.8, 4) is 0 Å². The van der Waals surface area contributed by atoms with E-state index in [0.29, 0.717) is 17.8 Å². The summed E-state index contributed by atoms with van der Waals surface area (Å²) < 4.78 is 0. The number of nitro benzene ring substituents is 1. The molecule has 2 N–H and O–H groups in total. The smallest absolute Gasteiger partial charge is 0.292 e. The molecule has 1 aromatic carbocycles. The van der Waals surface area contributed by atoms with Gasteiger partial charge in [0.1, 0.15) is 5.69 Å². The van der Waals surface area contributed by atoms with Crippen molar-refractivity contribution in [2.75, 3.05) is 11.9 Å². The van der Waals surface area contributed by atoms with Crippen molar-refractivity contribution >= 4 is 17.3 Å². The fourth-order valence-electron chi connectivity index (χ4n) is 2.39. The standard InChI is InChI=1S/C15H21N3O3/c1-3-16-13-9-12(6-7-14(13)18(20)21)15(19)17-10(2)8-11-4-5-11/h6-7,9-11,16H,3-5,8H2,1-2H3,(H,17,19). The van der Waals surface area contributed by atoms with Gasteiger partial charge in [-0.05, 0) is 38.3 Å². The van der Waals surface area contributed by atoms with Crippen LogP contribution < -0.4 is 10.6 Å². The molecular weight excluding hydrogens is 270 g/mol. The van der Waals surface area contributed by atoms with E-state index in [0.717, 1.165) is 12.3 Å². The van der Waals surface area contributed by atoms with Crippen molar-refractivity contribution < 1.29 is 9.72 Å². The van der Waals surface area contributed by atoms with Crippen molar-refractivity contribution in [1.29, 1.82) is 0 Å². The summed E-state index contributed by atoms with van der Waals surface area (Å²) in [6, 6.07) is 4.54. The number of nitro groups is 1. The number of benzene rings is 1. The molecule has 1 aromatic rings. The Kier molecular flexibility index (Phi) is 4.77. The first-order valence-electron chi connectivity index (χ1n) is 7.34. The number of nitrogens with one attached hydrogen (secondary N) is 2. The number of rotatable bonds is 7. The van der Waals surface area contributed by atoms with Crippen LogP contribution >= 0.6 is 0 Å². The number of amides is 1. The molecule has 0 saturated heterocycles. The van der Waals surface area contributed by atoms with E-state index in [1.165, 1.54) is 25.0 Å². The molecule has 1 atom stereocenters. The minimum atomic E-state index is -0.449. The predicted octanol–water partition coefficient (Wildman–Crippen LogP) is 2.95. The average Bonchev–Trinajstić information content (AvgIpc) is 3.22. The van der Waals surface area contributed by atoms with Crippen LogP contribution in [0.25, 0.3) is 0 Å². The van der Waals surface area contributed by atoms with E-state index in [-0.39, 0.29) is 17.6 Å². The number of hydrogen-bond acceptors (Lipinski definition) is 4. The molecule has 0 bridgehead atoms. The minimum absolute atomic E-state index is 0.0144. The lowest BCUT2D eigenvalue weighted by Crippen LogP contribution is -2.32. The maximum Gasteiger partial charge on any atom is 0.292 e. The number of anilines is 1. The molecule has 1 fully saturated rings. The third-order valence-electron chi connectivity index (χ3n) is 3.58. The summed E-state index contributed by atoms with van der Waals surface area (Å²) in [4.78, 5) is 22.7. The highest BCUT2D eigenvalue weighted by molar-refractivity contribution is 5.96. The summed E-state index contributed by atoms with van der Waals surface area (Å²) in [5, 5.41) is 16.8. The summed E-state index contributed by atoms with van der Waals surface area (Å²) in [6.45, 7) is 4.41. The molecule has 0 heterocycles. The SMILES string of the molecule is CCNc1cc(C(=O)NC(C)CC2CC2)ccc1[N+](=O)[O-]. The van der Waals surface area contributed by atoms with E-state index in [2.05, 4.69) is 10.6 Å². The van der Waals surface area contributed by atoms with Crippen LogP contribution in [0.1, 0.15) is 43.5 Å². The van der Waals surface area contributed by atoms with Crippen LogP contribution in [-0.4, -0.2) is 23.4 Å². The second-order valence-electron chi connectivity index (χ2n) is 5.57. The van der Waals surface area contributed by atoms with Gasteiger partial charge in [-0.15, -0.1) is 0 Å². The molecule has 21 heavy (non-hydrogen) atoms. The van der Waals surface area contributed by atoms with E-state index in [9.17, 15) is 14.9 Å². The Morgan fingerprint density at radius 3 is 2.76 bits per heavy atom. The van der Waals surface area contributed by atoms with Crippen LogP contribution in [0.2, 0.25) is 0 Å². The summed E-state index contributed by atoms with van der Waals surface area (Å²) in [6.07, 6.45) is 3.50. The first kappa shape index (κ1) is 15.3. The van der Waals surface area contributed by atoms with Crippen LogP contribution in [0, 0.1) is 16.0 Å². The third kappa shape index (κ3) is 4.18. The Morgan fingerprint density at radius 2 is 2.19 bits per heavy atom. The Morgan fingerprint density at radius 1 is 1.48 bits per heavy atom. The van der Waals surface area contributed by atoms with E-state index < -0.39 is 4.92 Å². The molecular formula is C15H21N3O3. The number of nitrogens with zero attached hydrogens (tertiary/aromatic N) is 1. The van der Waals surface area contributed by atoms with Gasteiger partial charge in [0.2, 0.25) is 0 Å². The molecule has 1 aliphatic rings. The van der Waals surface area contributed by atoms with Gasteiger partial charge in [-0.25, -0.2) is 0 Å². The van der Waals surface area contributed by atoms with Crippen molar-refractivity contribution in [3.63, 3.8) is 0 Å². The molecule has 1 unspecified atom stereocenters. The maximum atomic E-state index is 12.2. The molecule has 0 aliphatic heterocycles. The molecule has 1 amide bonds. The van der Waals surface area contributed by atoms with Crippen LogP contribution in [0.15, 0.2) is 18.2 Å². The highest BCUT2D eigenvalue weighted by atomic mass is 16.6. The zero-order chi connectivity index (χ0) is 15.4. The lowest BCUT2D eigenvalue weighted by atomic mass is 10.1. The van der Waals surface area contributed by atoms with E-state index >= 15 is 0 Å². The first-order valence-corrected chi connectivity index (χ1v) is 7.34. The van der Waals surface area contributed by atoms with E-state index in [4.69, 9.17) is 0 Å².